The van der Waals surface area contributed by atoms with Crippen LogP contribution in [0.3, 0.4) is 0 Å². The number of hydrogen-bond donors (Lipinski definition) is 1. The van der Waals surface area contributed by atoms with E-state index in [-0.39, 0.29) is 34.3 Å². The summed E-state index contributed by atoms with van der Waals surface area (Å²) in [5.74, 6) is -1.01. The molecule has 32 heavy (non-hydrogen) atoms. The monoisotopic (exact) mass is 468 g/mol. The van der Waals surface area contributed by atoms with E-state index in [9.17, 15) is 27.5 Å². The Balaban J connectivity index is 2.07. The Morgan fingerprint density at radius 1 is 1.22 bits per heavy atom. The molecule has 6 nitrogen and oxygen atoms in total. The number of halogens is 5. The molecule has 0 unspecified atom stereocenters. The van der Waals surface area contributed by atoms with Crippen LogP contribution in [0.1, 0.15) is 11.3 Å². The predicted octanol–water partition coefficient (Wildman–Crippen LogP) is 4.80. The van der Waals surface area contributed by atoms with Crippen LogP contribution in [-0.4, -0.2) is 41.1 Å². The standard InChI is InChI=1S/C21H17ClF4N4O2/c1-13-6-7-15(11-17(13)23)29(8-9-31)20(32)28(2)19-12-18(21(24,25)26)27-30(19)16-5-3-4-14(22)10-16/h1,3-7,10-12,31H,8-9H2,2H3. The van der Waals surface area contributed by atoms with Gasteiger partial charge in [0.2, 0.25) is 0 Å². The highest BCUT2D eigenvalue weighted by atomic mass is 35.5. The molecule has 11 heteroatoms. The molecule has 2 amide bonds. The van der Waals surface area contributed by atoms with E-state index in [4.69, 9.17) is 18.5 Å². The largest absolute Gasteiger partial charge is 0.435 e. The first-order valence-electron chi connectivity index (χ1n) is 9.17. The summed E-state index contributed by atoms with van der Waals surface area (Å²) in [7, 11) is 1.23. The maximum absolute atomic E-state index is 13.9. The fraction of sp³-hybridized carbons (Fsp3) is 0.190. The fourth-order valence-electron chi connectivity index (χ4n) is 2.94. The summed E-state index contributed by atoms with van der Waals surface area (Å²) >= 11 is 5.96. The fourth-order valence-corrected chi connectivity index (χ4v) is 3.13. The third-order valence-electron chi connectivity index (χ3n) is 4.51. The van der Waals surface area contributed by atoms with Crippen LogP contribution in [0.2, 0.25) is 5.02 Å². The van der Waals surface area contributed by atoms with Crippen LogP contribution in [-0.2, 0) is 6.18 Å². The summed E-state index contributed by atoms with van der Waals surface area (Å²) in [5.41, 5.74) is -1.12. The van der Waals surface area contributed by atoms with E-state index in [1.165, 1.54) is 43.4 Å². The second-order valence-electron chi connectivity index (χ2n) is 6.70. The maximum Gasteiger partial charge on any atom is 0.435 e. The summed E-state index contributed by atoms with van der Waals surface area (Å²) in [6.45, 7) is 4.74. The van der Waals surface area contributed by atoms with Crippen molar-refractivity contribution < 1.29 is 27.5 Å². The molecule has 0 saturated carbocycles. The number of aliphatic hydroxyl groups is 1. The molecule has 1 N–H and O–H groups in total. The van der Waals surface area contributed by atoms with E-state index in [0.717, 1.165) is 20.5 Å². The minimum atomic E-state index is -4.77. The molecule has 3 rings (SSSR count). The van der Waals surface area contributed by atoms with Crippen LogP contribution < -0.4 is 9.80 Å². The molecule has 2 aromatic carbocycles. The minimum Gasteiger partial charge on any atom is -0.395 e. The molecule has 168 valence electrons. The van der Waals surface area contributed by atoms with E-state index in [2.05, 4.69) is 5.10 Å². The number of aliphatic hydroxyl groups excluding tert-OH is 1. The van der Waals surface area contributed by atoms with Gasteiger partial charge >= 0.3 is 12.2 Å². The Kier molecular flexibility index (Phi) is 6.75. The van der Waals surface area contributed by atoms with Gasteiger partial charge in [-0.3, -0.25) is 9.80 Å². The van der Waals surface area contributed by atoms with Crippen molar-refractivity contribution in [3.05, 3.63) is 77.6 Å². The molecule has 0 atom stereocenters. The van der Waals surface area contributed by atoms with Gasteiger partial charge in [-0.05, 0) is 35.9 Å². The first-order valence-corrected chi connectivity index (χ1v) is 9.55. The molecule has 3 aromatic rings. The highest BCUT2D eigenvalue weighted by Gasteiger charge is 2.36. The topological polar surface area (TPSA) is 61.6 Å². The van der Waals surface area contributed by atoms with Crippen LogP contribution in [0.4, 0.5) is 33.9 Å². The Morgan fingerprint density at radius 2 is 1.94 bits per heavy atom. The lowest BCUT2D eigenvalue weighted by Crippen LogP contribution is -2.43. The van der Waals surface area contributed by atoms with Gasteiger partial charge in [-0.2, -0.15) is 18.3 Å². The lowest BCUT2D eigenvalue weighted by molar-refractivity contribution is -0.141. The summed E-state index contributed by atoms with van der Waals surface area (Å²) in [5, 5.41) is 13.2. The Morgan fingerprint density at radius 3 is 2.53 bits per heavy atom. The lowest BCUT2D eigenvalue weighted by atomic mass is 10.2. The molecule has 0 saturated heterocycles. The second-order valence-corrected chi connectivity index (χ2v) is 7.14. The Labute approximate surface area is 186 Å². The molecule has 2 radical (unpaired) electrons. The Bertz CT molecular complexity index is 1130. The number of amides is 2. The number of benzene rings is 2. The van der Waals surface area contributed by atoms with Crippen LogP contribution in [0.15, 0.2) is 48.5 Å². The van der Waals surface area contributed by atoms with Gasteiger partial charge < -0.3 is 5.11 Å². The van der Waals surface area contributed by atoms with Crippen molar-refractivity contribution in [3.8, 4) is 5.69 Å². The zero-order valence-electron chi connectivity index (χ0n) is 16.6. The number of urea groups is 1. The number of nitrogens with zero attached hydrogens (tertiary/aromatic N) is 4. The number of rotatable bonds is 5. The van der Waals surface area contributed by atoms with Crippen molar-refractivity contribution in [2.45, 2.75) is 6.18 Å². The molecule has 0 aliphatic rings. The summed E-state index contributed by atoms with van der Waals surface area (Å²) in [4.78, 5) is 15.1. The van der Waals surface area contributed by atoms with Crippen molar-refractivity contribution in [2.75, 3.05) is 30.0 Å². The molecule has 0 spiro atoms. The number of anilines is 2. The summed E-state index contributed by atoms with van der Waals surface area (Å²) < 4.78 is 55.0. The zero-order valence-corrected chi connectivity index (χ0v) is 17.4. The van der Waals surface area contributed by atoms with Gasteiger partial charge in [0.05, 0.1) is 18.8 Å². The third-order valence-corrected chi connectivity index (χ3v) is 4.75. The van der Waals surface area contributed by atoms with Crippen LogP contribution >= 0.6 is 11.6 Å². The van der Waals surface area contributed by atoms with E-state index < -0.39 is 30.3 Å². The van der Waals surface area contributed by atoms with Gasteiger partial charge in [0.1, 0.15) is 11.6 Å². The molecule has 0 aliphatic heterocycles. The predicted molar refractivity (Wildman–Crippen MR) is 112 cm³/mol. The van der Waals surface area contributed by atoms with E-state index in [1.54, 1.807) is 0 Å². The SMILES string of the molecule is [CH]c1ccc(N(CCO)C(=O)N(C)c2cc(C(F)(F)F)nn2-c2cccc(Cl)c2)cc1F. The van der Waals surface area contributed by atoms with E-state index >= 15 is 0 Å². The zero-order chi connectivity index (χ0) is 23.6. The molecule has 0 aliphatic carbocycles. The normalized spacial score (nSPS) is 11.5. The number of alkyl halides is 3. The van der Waals surface area contributed by atoms with Gasteiger partial charge in [-0.1, -0.05) is 23.7 Å². The number of aromatic nitrogens is 2. The third kappa shape index (κ3) is 4.86. The van der Waals surface area contributed by atoms with Crippen molar-refractivity contribution in [1.29, 1.82) is 0 Å². The van der Waals surface area contributed by atoms with Gasteiger partial charge in [0, 0.05) is 30.7 Å². The van der Waals surface area contributed by atoms with Crippen molar-refractivity contribution in [3.63, 3.8) is 0 Å². The minimum absolute atomic E-state index is 0.0625. The first kappa shape index (κ1) is 23.6. The average molecular weight is 469 g/mol. The van der Waals surface area contributed by atoms with Crippen LogP contribution in [0, 0.1) is 12.7 Å². The number of hydrogen-bond acceptors (Lipinski definition) is 3. The first-order chi connectivity index (χ1) is 15.0. The molecule has 1 heterocycles. The van der Waals surface area contributed by atoms with Crippen LogP contribution in [0.5, 0.6) is 0 Å². The summed E-state index contributed by atoms with van der Waals surface area (Å²) in [6, 6.07) is 9.38. The highest BCUT2D eigenvalue weighted by Crippen LogP contribution is 2.33. The van der Waals surface area contributed by atoms with E-state index in [1.807, 2.05) is 0 Å². The maximum atomic E-state index is 13.9. The Hall–Kier alpha value is -3.11. The van der Waals surface area contributed by atoms with Crippen molar-refractivity contribution in [1.82, 2.24) is 9.78 Å². The van der Waals surface area contributed by atoms with Crippen LogP contribution in [0.25, 0.3) is 5.69 Å². The molecule has 0 fully saturated rings. The molecule has 0 bridgehead atoms. The van der Waals surface area contributed by atoms with Crippen molar-refractivity contribution >= 4 is 29.1 Å². The number of carbonyl (C=O) groups excluding carboxylic acids is 1. The van der Waals surface area contributed by atoms with Crippen molar-refractivity contribution in [2.24, 2.45) is 0 Å². The van der Waals surface area contributed by atoms with Gasteiger partial charge in [-0.15, -0.1) is 0 Å². The molecular weight excluding hydrogens is 452 g/mol. The van der Waals surface area contributed by atoms with Gasteiger partial charge in [-0.25, -0.2) is 13.9 Å². The summed E-state index contributed by atoms with van der Waals surface area (Å²) in [6.07, 6.45) is -4.77. The molecular formula is C21H17ClF4N4O2. The molecule has 1 aromatic heterocycles. The van der Waals surface area contributed by atoms with E-state index in [0.29, 0.717) is 6.07 Å². The quantitative estimate of drug-likeness (QED) is 0.547. The lowest BCUT2D eigenvalue weighted by Gasteiger charge is -2.28. The smallest absolute Gasteiger partial charge is 0.395 e. The highest BCUT2D eigenvalue weighted by molar-refractivity contribution is 6.30. The second kappa shape index (κ2) is 9.17. The average Bonchev–Trinajstić information content (AvgIpc) is 3.19. The number of carbonyl (C=O) groups is 1. The van der Waals surface area contributed by atoms with Gasteiger partial charge in [0.15, 0.2) is 5.69 Å². The van der Waals surface area contributed by atoms with Gasteiger partial charge in [0.25, 0.3) is 0 Å².